The molecular weight excluding hydrogens is 655 g/mol. The predicted molar refractivity (Wildman–Crippen MR) is 228 cm³/mol. The molecule has 4 heterocycles. The number of fused-ring (bicyclic) bond motifs is 9. The monoisotopic (exact) mass is 700 g/mol. The maximum absolute atomic E-state index is 7.23. The number of aryl methyl sites for hydroxylation is 1. The summed E-state index contributed by atoms with van der Waals surface area (Å²) in [6.07, 6.45) is 2.36. The van der Waals surface area contributed by atoms with E-state index in [2.05, 4.69) is 180 Å². The van der Waals surface area contributed by atoms with Crippen molar-refractivity contribution < 1.29 is 4.42 Å². The first-order valence-electron chi connectivity index (χ1n) is 19.7. The van der Waals surface area contributed by atoms with E-state index in [1.807, 2.05) is 0 Å². The lowest BCUT2D eigenvalue weighted by atomic mass is 9.44. The van der Waals surface area contributed by atoms with Gasteiger partial charge >= 0.3 is 6.85 Å². The van der Waals surface area contributed by atoms with E-state index in [0.29, 0.717) is 0 Å². The third kappa shape index (κ3) is 4.09. The van der Waals surface area contributed by atoms with Crippen LogP contribution in [0.15, 0.2) is 126 Å². The van der Waals surface area contributed by atoms with Crippen molar-refractivity contribution in [3.8, 4) is 22.3 Å². The summed E-state index contributed by atoms with van der Waals surface area (Å²) in [5, 5.41) is 1.14. The molecule has 7 aromatic rings. The van der Waals surface area contributed by atoms with Crippen molar-refractivity contribution in [2.45, 2.75) is 77.6 Å². The van der Waals surface area contributed by atoms with Gasteiger partial charge in [-0.15, -0.1) is 0 Å². The highest BCUT2D eigenvalue weighted by Crippen LogP contribution is 2.57. The van der Waals surface area contributed by atoms with Crippen molar-refractivity contribution in [3.05, 3.63) is 149 Å². The zero-order chi connectivity index (χ0) is 36.9. The van der Waals surface area contributed by atoms with E-state index in [4.69, 9.17) is 4.42 Å². The van der Waals surface area contributed by atoms with Crippen LogP contribution in [0, 0.1) is 6.92 Å². The molecule has 0 amide bonds. The second-order valence-corrected chi connectivity index (χ2v) is 18.0. The summed E-state index contributed by atoms with van der Waals surface area (Å²) in [6, 6.07) is 45.6. The highest BCUT2D eigenvalue weighted by Gasteiger charge is 2.52. The summed E-state index contributed by atoms with van der Waals surface area (Å²) in [5.41, 5.74) is 21.4. The number of hydrogen-bond acceptors (Lipinski definition) is 3. The summed E-state index contributed by atoms with van der Waals surface area (Å²) in [5.74, 6) is 0. The number of nitrogens with zero attached hydrogens (tertiary/aromatic N) is 2. The molecule has 0 bridgehead atoms. The van der Waals surface area contributed by atoms with Gasteiger partial charge < -0.3 is 14.1 Å². The Labute approximate surface area is 319 Å². The second-order valence-electron chi connectivity index (χ2n) is 18.0. The van der Waals surface area contributed by atoms with Crippen LogP contribution < -0.4 is 20.8 Å². The predicted octanol–water partition coefficient (Wildman–Crippen LogP) is 12.1. The summed E-state index contributed by atoms with van der Waals surface area (Å²) in [6.45, 7) is 16.7. The highest BCUT2D eigenvalue weighted by molar-refractivity contribution is 6.93. The van der Waals surface area contributed by atoms with E-state index in [-0.39, 0.29) is 23.1 Å². The van der Waals surface area contributed by atoms with Crippen LogP contribution in [0.4, 0.5) is 28.4 Å². The molecule has 54 heavy (non-hydrogen) atoms. The molecule has 0 spiro atoms. The Bertz CT molecular complexity index is 2730. The van der Waals surface area contributed by atoms with Crippen LogP contribution in [-0.4, -0.2) is 6.85 Å². The van der Waals surface area contributed by atoms with E-state index in [0.717, 1.165) is 22.3 Å². The minimum Gasteiger partial charge on any atom is -0.466 e. The summed E-state index contributed by atoms with van der Waals surface area (Å²) in [7, 11) is 0. The highest BCUT2D eigenvalue weighted by atomic mass is 16.3. The molecule has 0 atom stereocenters. The van der Waals surface area contributed by atoms with Crippen LogP contribution in [0.1, 0.15) is 82.2 Å². The summed E-state index contributed by atoms with van der Waals surface area (Å²) < 4.78 is 7.23. The quantitative estimate of drug-likeness (QED) is 0.167. The number of para-hydroxylation sites is 3. The second kappa shape index (κ2) is 10.6. The van der Waals surface area contributed by atoms with Crippen molar-refractivity contribution >= 4 is 57.4 Å². The molecule has 3 aliphatic heterocycles. The van der Waals surface area contributed by atoms with Gasteiger partial charge in [-0.3, -0.25) is 0 Å². The fourth-order valence-corrected chi connectivity index (χ4v) is 10.6. The average Bonchev–Trinajstić information content (AvgIpc) is 3.56. The smallest absolute Gasteiger partial charge is 0.375 e. The van der Waals surface area contributed by atoms with Gasteiger partial charge in [0.05, 0.1) is 5.69 Å². The van der Waals surface area contributed by atoms with Crippen molar-refractivity contribution in [2.24, 2.45) is 0 Å². The Hall–Kier alpha value is -5.48. The number of rotatable bonds is 2. The Balaban J connectivity index is 1.31. The number of benzene rings is 6. The average molecular weight is 701 g/mol. The first-order valence-corrected chi connectivity index (χ1v) is 19.7. The Kier molecular flexibility index (Phi) is 6.28. The Morgan fingerprint density at radius 3 is 2.04 bits per heavy atom. The van der Waals surface area contributed by atoms with Gasteiger partial charge in [-0.2, -0.15) is 0 Å². The van der Waals surface area contributed by atoms with Gasteiger partial charge in [0.2, 0.25) is 0 Å². The van der Waals surface area contributed by atoms with Crippen LogP contribution in [0.25, 0.3) is 33.2 Å². The largest absolute Gasteiger partial charge is 0.466 e. The lowest BCUT2D eigenvalue weighted by Gasteiger charge is -2.50. The first-order chi connectivity index (χ1) is 26.0. The molecule has 4 aliphatic rings. The van der Waals surface area contributed by atoms with E-state index in [1.54, 1.807) is 0 Å². The first kappa shape index (κ1) is 32.0. The minimum absolute atomic E-state index is 0.0674. The summed E-state index contributed by atoms with van der Waals surface area (Å²) >= 11 is 0. The van der Waals surface area contributed by atoms with Crippen LogP contribution >= 0.6 is 0 Å². The van der Waals surface area contributed by atoms with Crippen molar-refractivity contribution in [1.29, 1.82) is 0 Å². The molecule has 264 valence electrons. The van der Waals surface area contributed by atoms with Gasteiger partial charge in [-0.05, 0) is 117 Å². The number of furan rings is 1. The molecule has 1 aliphatic carbocycles. The van der Waals surface area contributed by atoms with Gasteiger partial charge in [0.1, 0.15) is 11.2 Å². The van der Waals surface area contributed by atoms with Gasteiger partial charge in [-0.1, -0.05) is 126 Å². The molecule has 0 radical (unpaired) electrons. The van der Waals surface area contributed by atoms with Gasteiger partial charge in [-0.25, -0.2) is 0 Å². The van der Waals surface area contributed by atoms with Crippen LogP contribution in [0.2, 0.25) is 0 Å². The normalized spacial score (nSPS) is 17.7. The van der Waals surface area contributed by atoms with Crippen molar-refractivity contribution in [1.82, 2.24) is 0 Å². The zero-order valence-electron chi connectivity index (χ0n) is 32.3. The molecule has 4 heteroatoms. The molecule has 11 rings (SSSR count). The Morgan fingerprint density at radius 2 is 1.24 bits per heavy atom. The van der Waals surface area contributed by atoms with Crippen molar-refractivity contribution in [2.75, 3.05) is 9.71 Å². The van der Waals surface area contributed by atoms with E-state index in [9.17, 15) is 0 Å². The molecule has 1 aromatic heterocycles. The van der Waals surface area contributed by atoms with Crippen LogP contribution in [0.3, 0.4) is 0 Å². The molecule has 6 aromatic carbocycles. The Morgan fingerprint density at radius 1 is 0.556 bits per heavy atom. The SMILES string of the molecule is Cc1cc2c(cc1N1c3cc(-c4ccccc4)cc4c3B(c3oc5ccccc5c31)N1c3ccccc3C(C)(C)c3cccc-4c31)C(C)(C)CCC2(C)C. The molecule has 0 saturated heterocycles. The lowest BCUT2D eigenvalue weighted by Crippen LogP contribution is -2.62. The fourth-order valence-electron chi connectivity index (χ4n) is 10.6. The number of anilines is 5. The summed E-state index contributed by atoms with van der Waals surface area (Å²) in [4.78, 5) is 5.22. The lowest BCUT2D eigenvalue weighted by molar-refractivity contribution is 0.332. The van der Waals surface area contributed by atoms with Gasteiger partial charge in [0.25, 0.3) is 0 Å². The molecule has 0 fully saturated rings. The van der Waals surface area contributed by atoms with Crippen LogP contribution in [0.5, 0.6) is 0 Å². The number of hydrogen-bond donors (Lipinski definition) is 0. The standard InChI is InChI=1S/C50H45BN2O/c1-30-26-38-39(49(4,5)25-24-48(38,2)3)29-41(30)52-42-28-32(31-16-9-8-10-17-31)27-35-33-19-15-21-37-45(33)53(40-22-13-12-20-36(40)50(37,6)7)51(44(35)42)47-46(52)34-18-11-14-23-43(34)54-47/h8-23,26-29H,24-25H2,1-7H3. The maximum Gasteiger partial charge on any atom is 0.375 e. The minimum atomic E-state index is -0.173. The zero-order valence-corrected chi connectivity index (χ0v) is 32.3. The molecule has 0 saturated carbocycles. The van der Waals surface area contributed by atoms with E-state index in [1.165, 1.54) is 91.1 Å². The van der Waals surface area contributed by atoms with E-state index < -0.39 is 0 Å². The van der Waals surface area contributed by atoms with Gasteiger partial charge in [0.15, 0.2) is 0 Å². The van der Waals surface area contributed by atoms with Crippen molar-refractivity contribution in [3.63, 3.8) is 0 Å². The fraction of sp³-hybridized carbons (Fsp3) is 0.240. The topological polar surface area (TPSA) is 19.6 Å². The van der Waals surface area contributed by atoms with E-state index >= 15 is 0 Å². The van der Waals surface area contributed by atoms with Crippen LogP contribution in [-0.2, 0) is 16.2 Å². The third-order valence-corrected chi connectivity index (χ3v) is 13.6. The van der Waals surface area contributed by atoms with Gasteiger partial charge in [0, 0.05) is 39.1 Å². The molecule has 0 N–H and O–H groups in total. The molecule has 0 unspecified atom stereocenters. The molecule has 3 nitrogen and oxygen atoms in total. The third-order valence-electron chi connectivity index (χ3n) is 13.6. The molecular formula is C50H45BN2O. The maximum atomic E-state index is 7.23.